The molecule has 102 valence electrons. The van der Waals surface area contributed by atoms with E-state index in [9.17, 15) is 0 Å². The summed E-state index contributed by atoms with van der Waals surface area (Å²) in [7, 11) is 0. The minimum Gasteiger partial charge on any atom is -0.287 e. The molecule has 0 aliphatic heterocycles. The van der Waals surface area contributed by atoms with Crippen LogP contribution in [-0.2, 0) is 0 Å². The number of hydrogen-bond acceptors (Lipinski definition) is 4. The predicted molar refractivity (Wildman–Crippen MR) is 78.5 cm³/mol. The number of benzene rings is 1. The standard InChI is InChI=1S/C15H12N6/c1-11-16-7-8-20(11)14-13-9-19-21(15(13)18-10-17-14)12-5-3-2-4-6-12/h2-10H,1H3. The Labute approximate surface area is 120 Å². The van der Waals surface area contributed by atoms with Gasteiger partial charge < -0.3 is 0 Å². The van der Waals surface area contributed by atoms with Gasteiger partial charge in [0.05, 0.1) is 17.3 Å². The topological polar surface area (TPSA) is 61.4 Å². The average molecular weight is 276 g/mol. The van der Waals surface area contributed by atoms with E-state index < -0.39 is 0 Å². The highest BCUT2D eigenvalue weighted by atomic mass is 15.3. The van der Waals surface area contributed by atoms with Crippen LogP contribution in [0.25, 0.3) is 22.5 Å². The van der Waals surface area contributed by atoms with Crippen molar-refractivity contribution in [3.8, 4) is 11.5 Å². The summed E-state index contributed by atoms with van der Waals surface area (Å²) in [5.41, 5.74) is 1.75. The van der Waals surface area contributed by atoms with E-state index in [-0.39, 0.29) is 0 Å². The van der Waals surface area contributed by atoms with Gasteiger partial charge >= 0.3 is 0 Å². The Morgan fingerprint density at radius 3 is 2.62 bits per heavy atom. The van der Waals surface area contributed by atoms with Crippen LogP contribution in [0, 0.1) is 6.92 Å². The third-order valence-electron chi connectivity index (χ3n) is 3.40. The van der Waals surface area contributed by atoms with E-state index in [1.807, 2.05) is 52.7 Å². The average Bonchev–Trinajstić information content (AvgIpc) is 3.14. The van der Waals surface area contributed by atoms with Crippen LogP contribution in [0.3, 0.4) is 0 Å². The van der Waals surface area contributed by atoms with Crippen molar-refractivity contribution in [2.45, 2.75) is 6.92 Å². The molecule has 0 bridgehead atoms. The third-order valence-corrected chi connectivity index (χ3v) is 3.40. The molecule has 0 atom stereocenters. The van der Waals surface area contributed by atoms with E-state index in [0.717, 1.165) is 28.4 Å². The summed E-state index contributed by atoms with van der Waals surface area (Å²) in [6, 6.07) is 9.92. The first-order valence-electron chi connectivity index (χ1n) is 6.59. The molecule has 0 amide bonds. The van der Waals surface area contributed by atoms with Crippen LogP contribution in [0.2, 0.25) is 0 Å². The van der Waals surface area contributed by atoms with E-state index in [1.165, 1.54) is 0 Å². The number of aromatic nitrogens is 6. The lowest BCUT2D eigenvalue weighted by Crippen LogP contribution is -2.02. The maximum absolute atomic E-state index is 4.45. The molecule has 1 aromatic carbocycles. The largest absolute Gasteiger partial charge is 0.287 e. The Balaban J connectivity index is 1.98. The fraction of sp³-hybridized carbons (Fsp3) is 0.0667. The molecule has 0 spiro atoms. The zero-order valence-electron chi connectivity index (χ0n) is 11.4. The molecule has 0 saturated heterocycles. The molecular formula is C15H12N6. The van der Waals surface area contributed by atoms with Crippen LogP contribution in [0.15, 0.2) is 55.2 Å². The third kappa shape index (κ3) is 1.80. The molecule has 0 saturated carbocycles. The van der Waals surface area contributed by atoms with Crippen molar-refractivity contribution >= 4 is 11.0 Å². The summed E-state index contributed by atoms with van der Waals surface area (Å²) in [5, 5.41) is 5.34. The second kappa shape index (κ2) is 4.52. The molecule has 0 radical (unpaired) electrons. The molecule has 6 nitrogen and oxygen atoms in total. The Hall–Kier alpha value is -3.02. The maximum Gasteiger partial charge on any atom is 0.168 e. The highest BCUT2D eigenvalue weighted by Gasteiger charge is 2.13. The lowest BCUT2D eigenvalue weighted by Gasteiger charge is -2.05. The molecule has 6 heteroatoms. The molecule has 0 aliphatic rings. The van der Waals surface area contributed by atoms with Gasteiger partial charge in [0, 0.05) is 12.4 Å². The van der Waals surface area contributed by atoms with Crippen LogP contribution in [-0.4, -0.2) is 29.3 Å². The molecule has 0 N–H and O–H groups in total. The second-order valence-electron chi connectivity index (χ2n) is 4.67. The van der Waals surface area contributed by atoms with Gasteiger partial charge in [-0.1, -0.05) is 18.2 Å². The quantitative estimate of drug-likeness (QED) is 0.563. The normalized spacial score (nSPS) is 11.1. The molecule has 21 heavy (non-hydrogen) atoms. The summed E-state index contributed by atoms with van der Waals surface area (Å²) in [4.78, 5) is 13.0. The van der Waals surface area contributed by atoms with Gasteiger partial charge in [0.1, 0.15) is 12.2 Å². The van der Waals surface area contributed by atoms with Gasteiger partial charge in [0.25, 0.3) is 0 Å². The van der Waals surface area contributed by atoms with Gasteiger partial charge in [-0.2, -0.15) is 5.10 Å². The van der Waals surface area contributed by atoms with Gasteiger partial charge in [-0.3, -0.25) is 4.57 Å². The van der Waals surface area contributed by atoms with Crippen LogP contribution in [0.4, 0.5) is 0 Å². The summed E-state index contributed by atoms with van der Waals surface area (Å²) in [6.07, 6.45) is 6.98. The molecule has 3 aromatic heterocycles. The fourth-order valence-corrected chi connectivity index (χ4v) is 2.38. The number of para-hydroxylation sites is 1. The van der Waals surface area contributed by atoms with Crippen molar-refractivity contribution in [1.29, 1.82) is 0 Å². The van der Waals surface area contributed by atoms with Gasteiger partial charge in [0.2, 0.25) is 0 Å². The first-order valence-corrected chi connectivity index (χ1v) is 6.59. The Kier molecular flexibility index (Phi) is 2.53. The highest BCUT2D eigenvalue weighted by Crippen LogP contribution is 2.21. The number of rotatable bonds is 2. The zero-order chi connectivity index (χ0) is 14.2. The van der Waals surface area contributed by atoms with E-state index in [1.54, 1.807) is 18.7 Å². The summed E-state index contributed by atoms with van der Waals surface area (Å²) in [5.74, 6) is 1.67. The fourth-order valence-electron chi connectivity index (χ4n) is 2.38. The monoisotopic (exact) mass is 276 g/mol. The van der Waals surface area contributed by atoms with Crippen LogP contribution in [0.1, 0.15) is 5.82 Å². The first-order chi connectivity index (χ1) is 10.3. The van der Waals surface area contributed by atoms with Gasteiger partial charge in [-0.15, -0.1) is 0 Å². The Morgan fingerprint density at radius 2 is 1.86 bits per heavy atom. The highest BCUT2D eigenvalue weighted by molar-refractivity contribution is 5.83. The summed E-state index contributed by atoms with van der Waals surface area (Å²) < 4.78 is 3.74. The van der Waals surface area contributed by atoms with Gasteiger partial charge in [-0.05, 0) is 19.1 Å². The van der Waals surface area contributed by atoms with Crippen molar-refractivity contribution < 1.29 is 0 Å². The maximum atomic E-state index is 4.45. The molecule has 4 aromatic rings. The summed E-state index contributed by atoms with van der Waals surface area (Å²) >= 11 is 0. The zero-order valence-corrected chi connectivity index (χ0v) is 11.4. The van der Waals surface area contributed by atoms with Crippen molar-refractivity contribution in [3.05, 3.63) is 61.1 Å². The van der Waals surface area contributed by atoms with Gasteiger partial charge in [0.15, 0.2) is 11.5 Å². The van der Waals surface area contributed by atoms with Crippen molar-refractivity contribution in [2.75, 3.05) is 0 Å². The number of fused-ring (bicyclic) bond motifs is 1. The van der Waals surface area contributed by atoms with E-state index in [4.69, 9.17) is 0 Å². The number of aryl methyl sites for hydroxylation is 1. The van der Waals surface area contributed by atoms with Crippen LogP contribution < -0.4 is 0 Å². The van der Waals surface area contributed by atoms with E-state index in [2.05, 4.69) is 20.1 Å². The Bertz CT molecular complexity index is 906. The van der Waals surface area contributed by atoms with Crippen LogP contribution >= 0.6 is 0 Å². The second-order valence-corrected chi connectivity index (χ2v) is 4.67. The molecule has 0 unspecified atom stereocenters. The number of hydrogen-bond donors (Lipinski definition) is 0. The predicted octanol–water partition coefficient (Wildman–Crippen LogP) is 2.31. The van der Waals surface area contributed by atoms with Crippen molar-refractivity contribution in [3.63, 3.8) is 0 Å². The first kappa shape index (κ1) is 11.8. The Morgan fingerprint density at radius 1 is 1.00 bits per heavy atom. The molecule has 3 heterocycles. The van der Waals surface area contributed by atoms with E-state index >= 15 is 0 Å². The van der Waals surface area contributed by atoms with Crippen molar-refractivity contribution in [1.82, 2.24) is 29.3 Å². The van der Waals surface area contributed by atoms with E-state index in [0.29, 0.717) is 0 Å². The molecule has 0 aliphatic carbocycles. The van der Waals surface area contributed by atoms with Crippen LogP contribution in [0.5, 0.6) is 0 Å². The SMILES string of the molecule is Cc1nccn1-c1ncnc2c1cnn2-c1ccccc1. The van der Waals surface area contributed by atoms with Gasteiger partial charge in [-0.25, -0.2) is 19.6 Å². The van der Waals surface area contributed by atoms with Crippen molar-refractivity contribution in [2.24, 2.45) is 0 Å². The minimum absolute atomic E-state index is 0.777. The lowest BCUT2D eigenvalue weighted by atomic mass is 10.3. The number of imidazole rings is 1. The molecular weight excluding hydrogens is 264 g/mol. The number of nitrogens with zero attached hydrogens (tertiary/aromatic N) is 6. The smallest absolute Gasteiger partial charge is 0.168 e. The molecule has 0 fully saturated rings. The lowest BCUT2D eigenvalue weighted by molar-refractivity contribution is 0.891. The summed E-state index contributed by atoms with van der Waals surface area (Å²) in [6.45, 7) is 1.94. The minimum atomic E-state index is 0.777. The molecule has 4 rings (SSSR count).